The molecule has 4 aliphatic rings. The van der Waals surface area contributed by atoms with Crippen LogP contribution in [0.1, 0.15) is 52.8 Å². The van der Waals surface area contributed by atoms with Gasteiger partial charge in [0.1, 0.15) is 6.04 Å². The van der Waals surface area contributed by atoms with Crippen LogP contribution in [0.25, 0.3) is 0 Å². The van der Waals surface area contributed by atoms with Gasteiger partial charge in [0.2, 0.25) is 11.8 Å². The Morgan fingerprint density at radius 2 is 1.86 bits per heavy atom. The molecule has 3 saturated heterocycles. The predicted octanol–water partition coefficient (Wildman–Crippen LogP) is 0.420. The summed E-state index contributed by atoms with van der Waals surface area (Å²) in [5, 5.41) is 5.83. The molecule has 5 rings (SSSR count). The lowest BCUT2D eigenvalue weighted by atomic mass is 9.97. The number of anilines is 1. The molecule has 1 aromatic rings. The maximum atomic E-state index is 13.0. The Labute approximate surface area is 162 Å². The molecule has 8 nitrogen and oxygen atoms in total. The summed E-state index contributed by atoms with van der Waals surface area (Å²) in [4.78, 5) is 52.6. The molecule has 0 radical (unpaired) electrons. The number of carbonyl (C=O) groups excluding carboxylic acids is 4. The topological polar surface area (TPSA) is 98.8 Å². The molecule has 0 aliphatic carbocycles. The molecule has 4 aliphatic heterocycles. The number of fused-ring (bicyclic) bond motifs is 1. The van der Waals surface area contributed by atoms with E-state index in [1.54, 1.807) is 12.1 Å². The zero-order valence-electron chi connectivity index (χ0n) is 15.5. The van der Waals surface area contributed by atoms with Crippen LogP contribution in [-0.4, -0.2) is 59.7 Å². The normalized spacial score (nSPS) is 29.8. The van der Waals surface area contributed by atoms with Crippen LogP contribution in [0.15, 0.2) is 18.2 Å². The minimum atomic E-state index is -0.925. The van der Waals surface area contributed by atoms with E-state index in [9.17, 15) is 19.2 Å². The summed E-state index contributed by atoms with van der Waals surface area (Å²) in [6.45, 7) is 2.85. The fraction of sp³-hybridized carbons (Fsp3) is 0.500. The second-order valence-electron chi connectivity index (χ2n) is 8.16. The Morgan fingerprint density at radius 1 is 1.04 bits per heavy atom. The van der Waals surface area contributed by atoms with Crippen LogP contribution in [0.2, 0.25) is 0 Å². The van der Waals surface area contributed by atoms with Crippen molar-refractivity contribution in [3.8, 4) is 0 Å². The van der Waals surface area contributed by atoms with Crippen molar-refractivity contribution < 1.29 is 19.2 Å². The lowest BCUT2D eigenvalue weighted by molar-refractivity contribution is -0.136. The van der Waals surface area contributed by atoms with Gasteiger partial charge in [0, 0.05) is 30.7 Å². The molecule has 0 saturated carbocycles. The smallest absolute Gasteiger partial charge is 0.262 e. The average Bonchev–Trinajstić information content (AvgIpc) is 3.38. The molecule has 1 aromatic carbocycles. The lowest BCUT2D eigenvalue weighted by Gasteiger charge is -2.27. The van der Waals surface area contributed by atoms with Gasteiger partial charge in [0.15, 0.2) is 0 Å². The van der Waals surface area contributed by atoms with Crippen LogP contribution in [0.4, 0.5) is 5.69 Å². The van der Waals surface area contributed by atoms with Crippen molar-refractivity contribution in [1.29, 1.82) is 0 Å². The number of benzene rings is 1. The second-order valence-corrected chi connectivity index (χ2v) is 8.16. The van der Waals surface area contributed by atoms with Crippen molar-refractivity contribution in [3.05, 3.63) is 29.3 Å². The van der Waals surface area contributed by atoms with Crippen LogP contribution >= 0.6 is 0 Å². The molecule has 8 heteroatoms. The fourth-order valence-electron chi connectivity index (χ4n) is 4.97. The number of nitrogens with one attached hydrogen (secondary N) is 2. The van der Waals surface area contributed by atoms with Gasteiger partial charge in [-0.2, -0.15) is 0 Å². The third kappa shape index (κ3) is 2.55. The Bertz CT molecular complexity index is 905. The van der Waals surface area contributed by atoms with Gasteiger partial charge in [0.05, 0.1) is 11.1 Å². The summed E-state index contributed by atoms with van der Waals surface area (Å²) in [6.07, 6.45) is 3.71. The zero-order valence-corrected chi connectivity index (χ0v) is 15.5. The molecule has 2 N–H and O–H groups in total. The first-order valence-corrected chi connectivity index (χ1v) is 9.83. The summed E-state index contributed by atoms with van der Waals surface area (Å²) in [5.41, 5.74) is 1.76. The monoisotopic (exact) mass is 382 g/mol. The molecular weight excluding hydrogens is 360 g/mol. The van der Waals surface area contributed by atoms with E-state index in [1.165, 1.54) is 6.42 Å². The van der Waals surface area contributed by atoms with Gasteiger partial charge in [-0.05, 0) is 50.4 Å². The molecule has 28 heavy (non-hydrogen) atoms. The van der Waals surface area contributed by atoms with Gasteiger partial charge >= 0.3 is 0 Å². The molecule has 2 unspecified atom stereocenters. The van der Waals surface area contributed by atoms with Crippen LogP contribution in [0.3, 0.4) is 0 Å². The number of hydrogen-bond donors (Lipinski definition) is 2. The van der Waals surface area contributed by atoms with Crippen molar-refractivity contribution in [2.45, 2.75) is 43.7 Å². The third-order valence-electron chi connectivity index (χ3n) is 6.47. The molecule has 0 bridgehead atoms. The average molecular weight is 382 g/mol. The Kier molecular flexibility index (Phi) is 3.80. The van der Waals surface area contributed by atoms with Crippen LogP contribution in [-0.2, 0) is 9.59 Å². The Hall–Kier alpha value is -2.74. The van der Waals surface area contributed by atoms with Gasteiger partial charge in [-0.15, -0.1) is 0 Å². The first kappa shape index (κ1) is 17.4. The quantitative estimate of drug-likeness (QED) is 0.720. The van der Waals surface area contributed by atoms with E-state index in [4.69, 9.17) is 0 Å². The van der Waals surface area contributed by atoms with Gasteiger partial charge in [-0.25, -0.2) is 0 Å². The summed E-state index contributed by atoms with van der Waals surface area (Å²) in [7, 11) is 0. The van der Waals surface area contributed by atoms with Gasteiger partial charge < -0.3 is 10.2 Å². The number of rotatable bonds is 2. The van der Waals surface area contributed by atoms with Crippen molar-refractivity contribution in [2.75, 3.05) is 24.5 Å². The predicted molar refractivity (Wildman–Crippen MR) is 99.9 cm³/mol. The van der Waals surface area contributed by atoms with E-state index in [-0.39, 0.29) is 24.3 Å². The van der Waals surface area contributed by atoms with Crippen molar-refractivity contribution in [2.24, 2.45) is 0 Å². The molecule has 2 atom stereocenters. The first-order valence-electron chi connectivity index (χ1n) is 9.83. The van der Waals surface area contributed by atoms with Crippen LogP contribution in [0, 0.1) is 0 Å². The highest BCUT2D eigenvalue weighted by molar-refractivity contribution is 6.23. The molecule has 3 fully saturated rings. The van der Waals surface area contributed by atoms with Gasteiger partial charge in [0.25, 0.3) is 11.8 Å². The minimum absolute atomic E-state index is 0.123. The molecule has 146 valence electrons. The molecule has 1 spiro atoms. The number of nitrogens with zero attached hydrogens (tertiary/aromatic N) is 2. The Balaban J connectivity index is 1.40. The molecule has 4 heterocycles. The lowest BCUT2D eigenvalue weighted by Crippen LogP contribution is -2.54. The maximum Gasteiger partial charge on any atom is 0.262 e. The van der Waals surface area contributed by atoms with Crippen molar-refractivity contribution in [3.63, 3.8) is 0 Å². The van der Waals surface area contributed by atoms with Gasteiger partial charge in [-0.3, -0.25) is 29.4 Å². The summed E-state index contributed by atoms with van der Waals surface area (Å²) < 4.78 is 0. The number of piperidine rings is 1. The Morgan fingerprint density at radius 3 is 2.61 bits per heavy atom. The highest BCUT2D eigenvalue weighted by atomic mass is 16.2. The molecule has 4 amide bonds. The maximum absolute atomic E-state index is 13.0. The zero-order chi connectivity index (χ0) is 19.5. The van der Waals surface area contributed by atoms with Crippen molar-refractivity contribution in [1.82, 2.24) is 15.5 Å². The second kappa shape index (κ2) is 6.13. The summed E-state index contributed by atoms with van der Waals surface area (Å²) >= 11 is 0. The van der Waals surface area contributed by atoms with E-state index in [0.717, 1.165) is 43.1 Å². The first-order chi connectivity index (χ1) is 13.5. The van der Waals surface area contributed by atoms with E-state index in [0.29, 0.717) is 11.1 Å². The largest absolute Gasteiger partial charge is 0.370 e. The van der Waals surface area contributed by atoms with E-state index in [2.05, 4.69) is 15.5 Å². The number of imide groups is 2. The summed E-state index contributed by atoms with van der Waals surface area (Å²) in [6, 6.07) is 4.41. The van der Waals surface area contributed by atoms with Crippen LogP contribution < -0.4 is 15.5 Å². The van der Waals surface area contributed by atoms with Gasteiger partial charge in [-0.1, -0.05) is 0 Å². The third-order valence-corrected chi connectivity index (χ3v) is 6.47. The van der Waals surface area contributed by atoms with E-state index in [1.807, 2.05) is 6.07 Å². The van der Waals surface area contributed by atoms with E-state index >= 15 is 0 Å². The fourth-order valence-corrected chi connectivity index (χ4v) is 4.97. The number of carbonyl (C=O) groups is 4. The van der Waals surface area contributed by atoms with E-state index < -0.39 is 23.8 Å². The standard InChI is InChI=1S/C20H22N4O4/c25-16-5-4-15(17(26)22-16)24-18(27)13-3-2-12(10-14(13)19(24)28)23-9-7-20(11-23)6-1-8-21-20/h2-3,10,15,21H,1,4-9,11H2,(H,22,25,26). The SMILES string of the molecule is O=C1CCC(N2C(=O)c3ccc(N4CCC5(CCCN5)C4)cc3C2=O)C(=O)N1. The summed E-state index contributed by atoms with van der Waals surface area (Å²) in [5.74, 6) is -1.87. The highest BCUT2D eigenvalue weighted by Crippen LogP contribution is 2.35. The minimum Gasteiger partial charge on any atom is -0.370 e. The molecule has 0 aromatic heterocycles. The number of hydrogen-bond acceptors (Lipinski definition) is 6. The molecular formula is C20H22N4O4. The van der Waals surface area contributed by atoms with Crippen molar-refractivity contribution >= 4 is 29.3 Å². The highest BCUT2D eigenvalue weighted by Gasteiger charge is 2.45. The number of amides is 4. The van der Waals surface area contributed by atoms with Crippen LogP contribution in [0.5, 0.6) is 0 Å².